The number of carbonyl (C=O) groups excluding carboxylic acids is 1. The highest BCUT2D eigenvalue weighted by atomic mass is 19.1. The van der Waals surface area contributed by atoms with Crippen LogP contribution in [0.15, 0.2) is 24.3 Å². The van der Waals surface area contributed by atoms with Crippen LogP contribution in [0.2, 0.25) is 0 Å². The second-order valence-corrected chi connectivity index (χ2v) is 3.88. The van der Waals surface area contributed by atoms with E-state index in [1.165, 1.54) is 12.1 Å². The van der Waals surface area contributed by atoms with E-state index in [4.69, 9.17) is 10.5 Å². The summed E-state index contributed by atoms with van der Waals surface area (Å²) < 4.78 is 18.1. The van der Waals surface area contributed by atoms with Crippen LogP contribution < -0.4 is 11.1 Å². The third-order valence-corrected chi connectivity index (χ3v) is 2.70. The first-order chi connectivity index (χ1) is 7.62. The monoisotopic (exact) mass is 224 g/mol. The van der Waals surface area contributed by atoms with Crippen LogP contribution in [0.1, 0.15) is 6.42 Å². The molecule has 2 rings (SSSR count). The van der Waals surface area contributed by atoms with Gasteiger partial charge in [-0.3, -0.25) is 4.79 Å². The Bertz CT molecular complexity index is 403. The Labute approximate surface area is 92.6 Å². The Morgan fingerprint density at radius 2 is 2.38 bits per heavy atom. The van der Waals surface area contributed by atoms with Gasteiger partial charge in [-0.05, 0) is 18.2 Å². The molecule has 1 aliphatic heterocycles. The number of hydrogen-bond donors (Lipinski definition) is 2. The Kier molecular flexibility index (Phi) is 2.78. The summed E-state index contributed by atoms with van der Waals surface area (Å²) in [5.41, 5.74) is 4.97. The van der Waals surface area contributed by atoms with Gasteiger partial charge in [0.25, 0.3) is 0 Å². The fraction of sp³-hybridized carbons (Fsp3) is 0.364. The number of halogens is 1. The molecule has 0 bridgehead atoms. The molecule has 16 heavy (non-hydrogen) atoms. The van der Waals surface area contributed by atoms with Crippen molar-refractivity contribution < 1.29 is 13.9 Å². The van der Waals surface area contributed by atoms with Gasteiger partial charge in [0.05, 0.1) is 6.61 Å². The van der Waals surface area contributed by atoms with Gasteiger partial charge in [-0.2, -0.15) is 0 Å². The van der Waals surface area contributed by atoms with Gasteiger partial charge in [-0.15, -0.1) is 0 Å². The number of primary amides is 1. The van der Waals surface area contributed by atoms with Crippen LogP contribution in [0, 0.1) is 5.82 Å². The van der Waals surface area contributed by atoms with Gasteiger partial charge in [0, 0.05) is 18.7 Å². The van der Waals surface area contributed by atoms with Crippen LogP contribution >= 0.6 is 0 Å². The predicted molar refractivity (Wildman–Crippen MR) is 57.4 cm³/mol. The number of nitrogens with two attached hydrogens (primary N) is 1. The van der Waals surface area contributed by atoms with E-state index in [-0.39, 0.29) is 12.4 Å². The third kappa shape index (κ3) is 1.99. The maximum absolute atomic E-state index is 13.0. The first-order valence-electron chi connectivity index (χ1n) is 5.04. The van der Waals surface area contributed by atoms with E-state index in [9.17, 15) is 9.18 Å². The van der Waals surface area contributed by atoms with E-state index in [1.807, 2.05) is 0 Å². The summed E-state index contributed by atoms with van der Waals surface area (Å²) in [6, 6.07) is 5.92. The summed E-state index contributed by atoms with van der Waals surface area (Å²) in [5.74, 6) is -0.835. The van der Waals surface area contributed by atoms with E-state index >= 15 is 0 Å². The predicted octanol–water partition coefficient (Wildman–Crippen LogP) is 0.882. The van der Waals surface area contributed by atoms with Crippen molar-refractivity contribution in [3.05, 3.63) is 30.1 Å². The number of carbonyl (C=O) groups is 1. The summed E-state index contributed by atoms with van der Waals surface area (Å²) in [6.45, 7) is 0.699. The van der Waals surface area contributed by atoms with Crippen LogP contribution in [-0.2, 0) is 9.53 Å². The summed E-state index contributed by atoms with van der Waals surface area (Å²) in [7, 11) is 0. The van der Waals surface area contributed by atoms with Crippen LogP contribution in [0.3, 0.4) is 0 Å². The number of ether oxygens (including phenoxy) is 1. The smallest absolute Gasteiger partial charge is 0.245 e. The summed E-state index contributed by atoms with van der Waals surface area (Å²) in [4.78, 5) is 11.4. The molecule has 1 unspecified atom stereocenters. The quantitative estimate of drug-likeness (QED) is 0.801. The minimum absolute atomic E-state index is 0.221. The number of benzene rings is 1. The highest BCUT2D eigenvalue weighted by Gasteiger charge is 2.40. The van der Waals surface area contributed by atoms with Gasteiger partial charge < -0.3 is 15.8 Å². The Morgan fingerprint density at radius 3 is 2.94 bits per heavy atom. The molecular weight excluding hydrogens is 211 g/mol. The molecule has 86 valence electrons. The van der Waals surface area contributed by atoms with Gasteiger partial charge in [0.1, 0.15) is 11.4 Å². The van der Waals surface area contributed by atoms with Crippen molar-refractivity contribution >= 4 is 11.6 Å². The molecule has 5 heteroatoms. The van der Waals surface area contributed by atoms with Crippen molar-refractivity contribution in [2.75, 3.05) is 18.5 Å². The largest absolute Gasteiger partial charge is 0.378 e. The molecule has 1 amide bonds. The first kappa shape index (κ1) is 10.9. The molecule has 0 aliphatic carbocycles. The number of nitrogens with one attached hydrogen (secondary N) is 1. The minimum Gasteiger partial charge on any atom is -0.378 e. The van der Waals surface area contributed by atoms with Crippen LogP contribution in [-0.4, -0.2) is 24.7 Å². The fourth-order valence-electron chi connectivity index (χ4n) is 1.76. The first-order valence-corrected chi connectivity index (χ1v) is 5.04. The topological polar surface area (TPSA) is 64.4 Å². The van der Waals surface area contributed by atoms with Gasteiger partial charge in [-0.1, -0.05) is 6.07 Å². The zero-order valence-corrected chi connectivity index (χ0v) is 8.70. The lowest BCUT2D eigenvalue weighted by molar-refractivity contribution is -0.122. The molecule has 1 atom stereocenters. The number of hydrogen-bond acceptors (Lipinski definition) is 3. The van der Waals surface area contributed by atoms with Crippen LogP contribution in [0.5, 0.6) is 0 Å². The highest BCUT2D eigenvalue weighted by molar-refractivity contribution is 5.88. The van der Waals surface area contributed by atoms with Crippen molar-refractivity contribution in [2.45, 2.75) is 12.0 Å². The number of rotatable bonds is 3. The van der Waals surface area contributed by atoms with Gasteiger partial charge in [-0.25, -0.2) is 4.39 Å². The molecule has 0 spiro atoms. The molecule has 0 saturated carbocycles. The summed E-state index contributed by atoms with van der Waals surface area (Å²) in [6.07, 6.45) is 0.499. The van der Waals surface area contributed by atoms with Gasteiger partial charge >= 0.3 is 0 Å². The van der Waals surface area contributed by atoms with E-state index in [0.29, 0.717) is 18.7 Å². The molecule has 3 N–H and O–H groups in total. The van der Waals surface area contributed by atoms with Crippen molar-refractivity contribution in [3.8, 4) is 0 Å². The third-order valence-electron chi connectivity index (χ3n) is 2.70. The molecule has 0 radical (unpaired) electrons. The number of amides is 1. The zero-order chi connectivity index (χ0) is 11.6. The Hall–Kier alpha value is -1.62. The standard InChI is InChI=1S/C11H13FN2O2/c12-8-2-1-3-9(6-8)14-11(10(13)15)4-5-16-7-11/h1-3,6,14H,4-5,7H2,(H2,13,15). The molecule has 4 nitrogen and oxygen atoms in total. The molecule has 1 saturated heterocycles. The van der Waals surface area contributed by atoms with Crippen LogP contribution in [0.4, 0.5) is 10.1 Å². The molecule has 1 aliphatic rings. The lowest BCUT2D eigenvalue weighted by atomic mass is 9.97. The molecule has 1 aromatic rings. The highest BCUT2D eigenvalue weighted by Crippen LogP contribution is 2.24. The van der Waals surface area contributed by atoms with E-state index in [1.54, 1.807) is 12.1 Å². The molecule has 0 aromatic heterocycles. The zero-order valence-electron chi connectivity index (χ0n) is 8.70. The summed E-state index contributed by atoms with van der Waals surface area (Å²) in [5, 5.41) is 2.96. The second kappa shape index (κ2) is 4.09. The second-order valence-electron chi connectivity index (χ2n) is 3.88. The van der Waals surface area contributed by atoms with Crippen molar-refractivity contribution in [1.82, 2.24) is 0 Å². The molecule has 1 heterocycles. The average molecular weight is 224 g/mol. The number of anilines is 1. The van der Waals surface area contributed by atoms with E-state index in [0.717, 1.165) is 0 Å². The molecular formula is C11H13FN2O2. The van der Waals surface area contributed by atoms with Crippen molar-refractivity contribution in [3.63, 3.8) is 0 Å². The average Bonchev–Trinajstić information content (AvgIpc) is 2.67. The lowest BCUT2D eigenvalue weighted by Gasteiger charge is -2.26. The Balaban J connectivity index is 2.21. The van der Waals surface area contributed by atoms with E-state index in [2.05, 4.69) is 5.32 Å². The fourth-order valence-corrected chi connectivity index (χ4v) is 1.76. The maximum Gasteiger partial charge on any atom is 0.245 e. The van der Waals surface area contributed by atoms with Crippen molar-refractivity contribution in [1.29, 1.82) is 0 Å². The normalized spacial score (nSPS) is 24.3. The molecule has 1 aromatic carbocycles. The SMILES string of the molecule is NC(=O)C1(Nc2cccc(F)c2)CCOC1. The summed E-state index contributed by atoms with van der Waals surface area (Å²) >= 11 is 0. The maximum atomic E-state index is 13.0. The molecule has 1 fully saturated rings. The minimum atomic E-state index is -0.909. The van der Waals surface area contributed by atoms with E-state index < -0.39 is 11.4 Å². The van der Waals surface area contributed by atoms with Crippen molar-refractivity contribution in [2.24, 2.45) is 5.73 Å². The van der Waals surface area contributed by atoms with Crippen LogP contribution in [0.25, 0.3) is 0 Å². The Morgan fingerprint density at radius 1 is 1.56 bits per heavy atom. The van der Waals surface area contributed by atoms with Gasteiger partial charge in [0.2, 0.25) is 5.91 Å². The lowest BCUT2D eigenvalue weighted by Crippen LogP contribution is -2.51. The van der Waals surface area contributed by atoms with Gasteiger partial charge in [0.15, 0.2) is 0 Å².